The Morgan fingerprint density at radius 3 is 1.27 bits per heavy atom. The average molecular weight is 727 g/mol. The van der Waals surface area contributed by atoms with Crippen LogP contribution in [-0.4, -0.2) is 81.1 Å². The van der Waals surface area contributed by atoms with Crippen molar-refractivity contribution in [1.29, 1.82) is 0 Å². The summed E-state index contributed by atoms with van der Waals surface area (Å²) in [7, 11) is 0. The van der Waals surface area contributed by atoms with E-state index in [0.29, 0.717) is 23.7 Å². The van der Waals surface area contributed by atoms with Crippen LogP contribution in [0, 0.1) is 29.1 Å². The van der Waals surface area contributed by atoms with Crippen LogP contribution in [0.2, 0.25) is 0 Å². The summed E-state index contributed by atoms with van der Waals surface area (Å²) < 4.78 is 54.4. The molecule has 2 N–H and O–H groups in total. The number of ether oxygens (including phenoxy) is 3. The van der Waals surface area contributed by atoms with E-state index in [2.05, 4.69) is 20.6 Å². The van der Waals surface area contributed by atoms with Gasteiger partial charge in [-0.1, -0.05) is 6.92 Å². The van der Waals surface area contributed by atoms with Gasteiger partial charge in [-0.3, -0.25) is 0 Å². The molecule has 0 bridgehead atoms. The number of halogens is 3. The van der Waals surface area contributed by atoms with Crippen molar-refractivity contribution >= 4 is 24.3 Å². The van der Waals surface area contributed by atoms with Gasteiger partial charge in [-0.2, -0.15) is 13.2 Å². The van der Waals surface area contributed by atoms with Gasteiger partial charge < -0.3 is 24.8 Å². The molecule has 0 atom stereocenters. The van der Waals surface area contributed by atoms with Gasteiger partial charge in [0.1, 0.15) is 19.8 Å². The van der Waals surface area contributed by atoms with E-state index >= 15 is 0 Å². The Balaban J connectivity index is 1.14. The van der Waals surface area contributed by atoms with E-state index < -0.39 is 37.0 Å². The first kappa shape index (κ1) is 40.8. The van der Waals surface area contributed by atoms with Crippen LogP contribution in [0.4, 0.5) is 22.8 Å². The first-order chi connectivity index (χ1) is 24.4. The van der Waals surface area contributed by atoms with Crippen molar-refractivity contribution in [2.45, 2.75) is 153 Å². The molecular formula is C37H57F3N4O7. The number of nitrogens with one attached hydrogen (secondary N) is 2. The maximum absolute atomic E-state index is 12.8. The highest BCUT2D eigenvalue weighted by atomic mass is 19.4. The lowest BCUT2D eigenvalue weighted by Crippen LogP contribution is -2.43. The highest BCUT2D eigenvalue weighted by molar-refractivity contribution is 5.68. The third-order valence-electron chi connectivity index (χ3n) is 11.6. The second-order valence-electron chi connectivity index (χ2n) is 16.1. The van der Waals surface area contributed by atoms with Crippen LogP contribution in [0.5, 0.6) is 0 Å². The van der Waals surface area contributed by atoms with Crippen molar-refractivity contribution in [3.05, 3.63) is 0 Å². The Morgan fingerprint density at radius 2 is 0.941 bits per heavy atom. The van der Waals surface area contributed by atoms with Crippen molar-refractivity contribution in [2.24, 2.45) is 39.1 Å². The summed E-state index contributed by atoms with van der Waals surface area (Å²) in [6, 6.07) is 0.131. The van der Waals surface area contributed by atoms with Gasteiger partial charge in [0.15, 0.2) is 0 Å². The SMILES string of the molecule is CC(COCC(F)(F)F)(COC(=O)NC1CCC(CC2CCC(N=C=O)CC2)CC1)COC(=O)NC1CCC(CC2CCC(N=C=O)CC2)CC1. The van der Waals surface area contributed by atoms with Crippen molar-refractivity contribution in [1.82, 2.24) is 10.6 Å². The number of nitrogens with zero attached hydrogens (tertiary/aromatic N) is 2. The Kier molecular flexibility index (Phi) is 16.3. The molecule has 0 heterocycles. The van der Waals surface area contributed by atoms with Gasteiger partial charge in [-0.15, -0.1) is 0 Å². The number of amides is 2. The topological polar surface area (TPSA) is 145 Å². The second kappa shape index (κ2) is 20.3. The van der Waals surface area contributed by atoms with Crippen LogP contribution >= 0.6 is 0 Å². The number of aliphatic imine (C=N–C) groups is 2. The summed E-state index contributed by atoms with van der Waals surface area (Å²) in [5, 5.41) is 5.80. The number of rotatable bonds is 15. The van der Waals surface area contributed by atoms with Gasteiger partial charge in [0.2, 0.25) is 12.2 Å². The molecule has 0 spiro atoms. The molecule has 4 saturated carbocycles. The van der Waals surface area contributed by atoms with Gasteiger partial charge in [-0.25, -0.2) is 29.2 Å². The standard InChI is InChI=1S/C37H57F3N4O7/c1-36(20-49-23-37(38,39)40,21-50-34(47)43-32-14-6-28(7-15-32)18-26-2-10-30(11-3-26)41-24-45)22-51-35(48)44-33-16-8-29(9-17-33)19-27-4-12-31(13-5-27)42-25-46/h26-33H,2-23H2,1H3,(H,43,47)(H,44,48). The number of isocyanates is 2. The lowest BCUT2D eigenvalue weighted by molar-refractivity contribution is -0.183. The van der Waals surface area contributed by atoms with Crippen molar-refractivity contribution in [3.63, 3.8) is 0 Å². The second-order valence-corrected chi connectivity index (χ2v) is 16.1. The lowest BCUT2D eigenvalue weighted by Gasteiger charge is -2.34. The average Bonchev–Trinajstić information content (AvgIpc) is 3.10. The maximum Gasteiger partial charge on any atom is 0.411 e. The van der Waals surface area contributed by atoms with E-state index in [1.807, 2.05) is 0 Å². The van der Waals surface area contributed by atoms with E-state index in [1.54, 1.807) is 19.1 Å². The number of hydrogen-bond acceptors (Lipinski definition) is 9. The molecule has 0 aromatic carbocycles. The summed E-state index contributed by atoms with van der Waals surface area (Å²) >= 11 is 0. The molecule has 51 heavy (non-hydrogen) atoms. The molecular weight excluding hydrogens is 669 g/mol. The molecule has 288 valence electrons. The van der Waals surface area contributed by atoms with Gasteiger partial charge >= 0.3 is 18.4 Å². The third kappa shape index (κ3) is 15.3. The predicted octanol–water partition coefficient (Wildman–Crippen LogP) is 7.71. The fourth-order valence-corrected chi connectivity index (χ4v) is 8.63. The molecule has 4 fully saturated rings. The summed E-state index contributed by atoms with van der Waals surface area (Å²) in [4.78, 5) is 54.3. The summed E-state index contributed by atoms with van der Waals surface area (Å²) in [6.07, 6.45) is 15.1. The van der Waals surface area contributed by atoms with E-state index in [0.717, 1.165) is 116 Å². The van der Waals surface area contributed by atoms with Crippen LogP contribution < -0.4 is 10.6 Å². The monoisotopic (exact) mass is 726 g/mol. The summed E-state index contributed by atoms with van der Waals surface area (Å²) in [5.41, 5.74) is -1.19. The molecule has 0 aromatic heterocycles. The molecule has 11 nitrogen and oxygen atoms in total. The van der Waals surface area contributed by atoms with E-state index in [4.69, 9.17) is 14.2 Å². The highest BCUT2D eigenvalue weighted by Gasteiger charge is 2.35. The summed E-state index contributed by atoms with van der Waals surface area (Å²) in [6.45, 7) is -0.890. The zero-order valence-corrected chi connectivity index (χ0v) is 30.1. The molecule has 4 rings (SSSR count). The Morgan fingerprint density at radius 1 is 0.588 bits per heavy atom. The minimum Gasteiger partial charge on any atom is -0.449 e. The van der Waals surface area contributed by atoms with Crippen molar-refractivity contribution in [2.75, 3.05) is 26.4 Å². The molecule has 2 amide bonds. The minimum absolute atomic E-state index is 0.0468. The first-order valence-corrected chi connectivity index (χ1v) is 19.1. The van der Waals surface area contributed by atoms with Crippen LogP contribution in [0.15, 0.2) is 9.98 Å². The maximum atomic E-state index is 12.8. The van der Waals surface area contributed by atoms with Crippen LogP contribution in [-0.2, 0) is 23.8 Å². The Bertz CT molecular complexity index is 1100. The summed E-state index contributed by atoms with van der Waals surface area (Å²) in [5.74, 6) is 2.45. The molecule has 0 radical (unpaired) electrons. The highest BCUT2D eigenvalue weighted by Crippen LogP contribution is 2.37. The smallest absolute Gasteiger partial charge is 0.411 e. The third-order valence-corrected chi connectivity index (χ3v) is 11.6. The molecule has 0 aliphatic heterocycles. The molecule has 14 heteroatoms. The fraction of sp³-hybridized carbons (Fsp3) is 0.892. The number of alkyl halides is 3. The Labute approximate surface area is 299 Å². The number of alkyl carbamates (subject to hydrolysis) is 2. The minimum atomic E-state index is -4.52. The van der Waals surface area contributed by atoms with Gasteiger partial charge in [-0.05, 0) is 139 Å². The number of carbonyl (C=O) groups excluding carboxylic acids is 4. The first-order valence-electron chi connectivity index (χ1n) is 19.1. The van der Waals surface area contributed by atoms with Gasteiger partial charge in [0.05, 0.1) is 24.1 Å². The van der Waals surface area contributed by atoms with E-state index in [1.165, 1.54) is 0 Å². The van der Waals surface area contributed by atoms with Crippen LogP contribution in [0.25, 0.3) is 0 Å². The van der Waals surface area contributed by atoms with E-state index in [9.17, 15) is 32.3 Å². The molecule has 0 aromatic rings. The number of carbonyl (C=O) groups is 2. The Hall–Kier alpha value is -2.95. The van der Waals surface area contributed by atoms with Gasteiger partial charge in [0, 0.05) is 12.1 Å². The largest absolute Gasteiger partial charge is 0.449 e. The predicted molar refractivity (Wildman–Crippen MR) is 182 cm³/mol. The van der Waals surface area contributed by atoms with Crippen molar-refractivity contribution in [3.8, 4) is 0 Å². The molecule has 4 aliphatic rings. The molecule has 0 unspecified atom stereocenters. The van der Waals surface area contributed by atoms with E-state index in [-0.39, 0.29) is 37.4 Å². The molecule has 0 saturated heterocycles. The lowest BCUT2D eigenvalue weighted by atomic mass is 9.76. The molecule has 4 aliphatic carbocycles. The van der Waals surface area contributed by atoms with Crippen LogP contribution in [0.1, 0.15) is 122 Å². The van der Waals surface area contributed by atoms with Crippen LogP contribution in [0.3, 0.4) is 0 Å². The normalized spacial score (nSPS) is 31.1. The zero-order chi connectivity index (χ0) is 36.7. The quantitative estimate of drug-likeness (QED) is 0.130. The number of hydrogen-bond donors (Lipinski definition) is 2. The fourth-order valence-electron chi connectivity index (χ4n) is 8.63. The van der Waals surface area contributed by atoms with Crippen molar-refractivity contribution < 1.29 is 46.6 Å². The zero-order valence-electron chi connectivity index (χ0n) is 30.1. The van der Waals surface area contributed by atoms with Gasteiger partial charge in [0.25, 0.3) is 0 Å².